The number of aromatic nitrogens is 1. The summed E-state index contributed by atoms with van der Waals surface area (Å²) in [5.41, 5.74) is 4.69. The number of aliphatic hydroxyl groups excluding tert-OH is 1. The van der Waals surface area contributed by atoms with Gasteiger partial charge >= 0.3 is 0 Å². The fraction of sp³-hybridized carbons (Fsp3) is 0.429. The Kier molecular flexibility index (Phi) is 5.76. The highest BCUT2D eigenvalue weighted by Gasteiger charge is 2.36. The van der Waals surface area contributed by atoms with Crippen LogP contribution in [0, 0.1) is 5.92 Å². The van der Waals surface area contributed by atoms with Crippen LogP contribution in [0.3, 0.4) is 0 Å². The van der Waals surface area contributed by atoms with Gasteiger partial charge in [0.15, 0.2) is 0 Å². The second-order valence-electron chi connectivity index (χ2n) is 7.55. The van der Waals surface area contributed by atoms with E-state index in [1.165, 1.54) is 11.1 Å². The quantitative estimate of drug-likeness (QED) is 0.646. The molecule has 1 aromatic carbocycles. The summed E-state index contributed by atoms with van der Waals surface area (Å²) in [6.45, 7) is 0.870. The van der Waals surface area contributed by atoms with Gasteiger partial charge in [-0.3, -0.25) is 9.78 Å². The molecular weight excluding hydrogens is 488 g/mol. The van der Waals surface area contributed by atoms with Gasteiger partial charge in [0.1, 0.15) is 12.4 Å². The third-order valence-electron chi connectivity index (χ3n) is 5.94. The zero-order valence-corrected chi connectivity index (χ0v) is 18.5. The van der Waals surface area contributed by atoms with Crippen LogP contribution in [-0.4, -0.2) is 45.7 Å². The number of hydrogen-bond acceptors (Lipinski definition) is 4. The van der Waals surface area contributed by atoms with Gasteiger partial charge < -0.3 is 15.1 Å². The van der Waals surface area contributed by atoms with Crippen molar-refractivity contribution in [3.63, 3.8) is 0 Å². The van der Waals surface area contributed by atoms with E-state index < -0.39 is 6.61 Å². The monoisotopic (exact) mass is 508 g/mol. The van der Waals surface area contributed by atoms with Gasteiger partial charge in [0.25, 0.3) is 0 Å². The minimum Gasteiger partial charge on any atom is -0.508 e. The van der Waals surface area contributed by atoms with Crippen molar-refractivity contribution >= 4 is 37.8 Å². The van der Waals surface area contributed by atoms with Crippen LogP contribution >= 0.6 is 31.9 Å². The van der Waals surface area contributed by atoms with Crippen LogP contribution in [-0.2, 0) is 17.6 Å². The molecule has 1 aliphatic heterocycles. The van der Waals surface area contributed by atoms with Crippen LogP contribution in [0.2, 0.25) is 0 Å². The SMILES string of the molecule is O=C(CO)N1CCC(C2c3ncc(Br)cc3CCc3cc(O)cc(Br)c32)CC1. The predicted molar refractivity (Wildman–Crippen MR) is 113 cm³/mol. The molecule has 28 heavy (non-hydrogen) atoms. The number of nitrogens with zero attached hydrogens (tertiary/aromatic N) is 2. The Morgan fingerprint density at radius 1 is 1.14 bits per heavy atom. The molecule has 5 nitrogen and oxygen atoms in total. The first kappa shape index (κ1) is 19.9. The topological polar surface area (TPSA) is 73.7 Å². The third kappa shape index (κ3) is 3.72. The summed E-state index contributed by atoms with van der Waals surface area (Å²) in [7, 11) is 0. The van der Waals surface area contributed by atoms with E-state index in [2.05, 4.69) is 37.9 Å². The number of fused-ring (bicyclic) bond motifs is 2. The van der Waals surface area contributed by atoms with E-state index in [9.17, 15) is 9.90 Å². The smallest absolute Gasteiger partial charge is 0.248 e. The van der Waals surface area contributed by atoms with Crippen molar-refractivity contribution in [2.45, 2.75) is 31.6 Å². The molecular formula is C21H22Br2N2O3. The number of carbonyl (C=O) groups is 1. The van der Waals surface area contributed by atoms with E-state index in [-0.39, 0.29) is 17.6 Å². The molecule has 1 amide bonds. The molecule has 148 valence electrons. The molecule has 1 atom stereocenters. The zero-order chi connectivity index (χ0) is 19.8. The highest BCUT2D eigenvalue weighted by atomic mass is 79.9. The van der Waals surface area contributed by atoms with Crippen LogP contribution < -0.4 is 0 Å². The lowest BCUT2D eigenvalue weighted by Crippen LogP contribution is -2.41. The van der Waals surface area contributed by atoms with Crippen LogP contribution in [0.1, 0.15) is 41.1 Å². The Morgan fingerprint density at radius 2 is 1.86 bits per heavy atom. The van der Waals surface area contributed by atoms with Gasteiger partial charge in [0.05, 0.1) is 5.69 Å². The van der Waals surface area contributed by atoms with E-state index in [1.807, 2.05) is 12.3 Å². The average Bonchev–Trinajstić information content (AvgIpc) is 2.84. The maximum Gasteiger partial charge on any atom is 0.248 e. The highest BCUT2D eigenvalue weighted by molar-refractivity contribution is 9.10. The van der Waals surface area contributed by atoms with Gasteiger partial charge in [-0.25, -0.2) is 0 Å². The van der Waals surface area contributed by atoms with Gasteiger partial charge in [-0.1, -0.05) is 15.9 Å². The Hall–Kier alpha value is -1.44. The standard InChI is InChI=1S/C21H22Br2N2O3/c22-15-7-14-2-1-13-8-16(27)9-17(23)19(13)20(21(14)24-10-15)12-3-5-25(6-4-12)18(28)11-26/h7-10,12,20,26-27H,1-6,11H2. The average molecular weight is 510 g/mol. The van der Waals surface area contributed by atoms with E-state index in [1.54, 1.807) is 11.0 Å². The Bertz CT molecular complexity index is 911. The number of hydrogen-bond donors (Lipinski definition) is 2. The first-order valence-corrected chi connectivity index (χ1v) is 11.1. The summed E-state index contributed by atoms with van der Waals surface area (Å²) in [4.78, 5) is 18.4. The zero-order valence-electron chi connectivity index (χ0n) is 15.4. The summed E-state index contributed by atoms with van der Waals surface area (Å²) in [6, 6.07) is 5.79. The van der Waals surface area contributed by atoms with E-state index >= 15 is 0 Å². The molecule has 2 heterocycles. The molecule has 1 saturated heterocycles. The summed E-state index contributed by atoms with van der Waals surface area (Å²) in [5.74, 6) is 0.524. The number of benzene rings is 1. The number of aliphatic hydroxyl groups is 1. The maximum atomic E-state index is 11.9. The normalized spacial score (nSPS) is 19.7. The predicted octanol–water partition coefficient (Wildman–Crippen LogP) is 3.77. The Labute approximate surface area is 181 Å². The first-order valence-electron chi connectivity index (χ1n) is 9.52. The number of pyridine rings is 1. The molecule has 1 aromatic heterocycles. The number of phenols is 1. The minimum atomic E-state index is -0.430. The Balaban J connectivity index is 1.76. The molecule has 1 fully saturated rings. The van der Waals surface area contributed by atoms with Crippen LogP contribution in [0.5, 0.6) is 5.75 Å². The summed E-state index contributed by atoms with van der Waals surface area (Å²) < 4.78 is 1.89. The second kappa shape index (κ2) is 8.13. The number of halogens is 2. The molecule has 2 aliphatic rings. The van der Waals surface area contributed by atoms with E-state index in [0.29, 0.717) is 19.0 Å². The molecule has 7 heteroatoms. The van der Waals surface area contributed by atoms with E-state index in [4.69, 9.17) is 10.1 Å². The molecule has 0 radical (unpaired) electrons. The molecule has 4 rings (SSSR count). The number of aromatic hydroxyl groups is 1. The molecule has 1 unspecified atom stereocenters. The lowest BCUT2D eigenvalue weighted by Gasteiger charge is -2.37. The number of aryl methyl sites for hydroxylation is 2. The van der Waals surface area contributed by atoms with Gasteiger partial charge in [0, 0.05) is 34.1 Å². The fourth-order valence-electron chi connectivity index (χ4n) is 4.63. The maximum absolute atomic E-state index is 11.9. The summed E-state index contributed by atoms with van der Waals surface area (Å²) in [5, 5.41) is 19.3. The van der Waals surface area contributed by atoms with E-state index in [0.717, 1.165) is 45.9 Å². The van der Waals surface area contributed by atoms with Gasteiger partial charge in [-0.05, 0) is 82.4 Å². The largest absolute Gasteiger partial charge is 0.508 e. The molecule has 2 aromatic rings. The number of amides is 1. The fourth-order valence-corrected chi connectivity index (χ4v) is 5.75. The van der Waals surface area contributed by atoms with Crippen molar-refractivity contribution < 1.29 is 15.0 Å². The van der Waals surface area contributed by atoms with Gasteiger partial charge in [-0.2, -0.15) is 0 Å². The lowest BCUT2D eigenvalue weighted by molar-refractivity contribution is -0.135. The summed E-state index contributed by atoms with van der Waals surface area (Å²) in [6.07, 6.45) is 5.31. The third-order valence-corrected chi connectivity index (χ3v) is 7.03. The van der Waals surface area contributed by atoms with Crippen molar-refractivity contribution in [1.82, 2.24) is 9.88 Å². The van der Waals surface area contributed by atoms with Crippen molar-refractivity contribution in [2.75, 3.05) is 19.7 Å². The number of likely N-dealkylation sites (tertiary alicyclic amines) is 1. The second-order valence-corrected chi connectivity index (χ2v) is 9.32. The molecule has 2 N–H and O–H groups in total. The molecule has 0 spiro atoms. The highest BCUT2D eigenvalue weighted by Crippen LogP contribution is 2.46. The molecule has 0 saturated carbocycles. The molecule has 0 bridgehead atoms. The number of phenolic OH excluding ortho intramolecular Hbond substituents is 1. The van der Waals surface area contributed by atoms with Crippen molar-refractivity contribution in [3.05, 3.63) is 55.7 Å². The van der Waals surface area contributed by atoms with Gasteiger partial charge in [0.2, 0.25) is 5.91 Å². The van der Waals surface area contributed by atoms with Crippen LogP contribution in [0.25, 0.3) is 0 Å². The number of rotatable bonds is 2. The van der Waals surface area contributed by atoms with Crippen LogP contribution in [0.15, 0.2) is 33.3 Å². The molecule has 1 aliphatic carbocycles. The van der Waals surface area contributed by atoms with Crippen molar-refractivity contribution in [3.8, 4) is 5.75 Å². The summed E-state index contributed by atoms with van der Waals surface area (Å²) >= 11 is 7.24. The van der Waals surface area contributed by atoms with Gasteiger partial charge in [-0.15, -0.1) is 0 Å². The van der Waals surface area contributed by atoms with Crippen LogP contribution in [0.4, 0.5) is 0 Å². The number of carbonyl (C=O) groups excluding carboxylic acids is 1. The first-order chi connectivity index (χ1) is 13.5. The van der Waals surface area contributed by atoms with Crippen molar-refractivity contribution in [2.24, 2.45) is 5.92 Å². The number of piperidine rings is 1. The lowest BCUT2D eigenvalue weighted by atomic mass is 9.76. The minimum absolute atomic E-state index is 0.113. The van der Waals surface area contributed by atoms with Crippen molar-refractivity contribution in [1.29, 1.82) is 0 Å². The Morgan fingerprint density at radius 3 is 2.57 bits per heavy atom.